The summed E-state index contributed by atoms with van der Waals surface area (Å²) in [5.74, 6) is 1.98. The number of carbonyl (C=O) groups excluding carboxylic acids is 1. The largest absolute Gasteiger partial charge is 0.495 e. The van der Waals surface area contributed by atoms with Crippen molar-refractivity contribution in [3.8, 4) is 17.2 Å². The van der Waals surface area contributed by atoms with Gasteiger partial charge in [-0.3, -0.25) is 4.79 Å². The Morgan fingerprint density at radius 1 is 0.964 bits per heavy atom. The van der Waals surface area contributed by atoms with Gasteiger partial charge in [-0.15, -0.1) is 0 Å². The number of benzene rings is 3. The Morgan fingerprint density at radius 2 is 1.68 bits per heavy atom. The predicted octanol–water partition coefficient (Wildman–Crippen LogP) is 5.58. The first-order chi connectivity index (χ1) is 13.6. The van der Waals surface area contributed by atoms with E-state index in [0.29, 0.717) is 29.4 Å². The molecule has 0 saturated carbocycles. The molecule has 2 N–H and O–H groups in total. The van der Waals surface area contributed by atoms with E-state index in [4.69, 9.17) is 21.1 Å². The second-order valence-corrected chi connectivity index (χ2v) is 6.45. The lowest BCUT2D eigenvalue weighted by Crippen LogP contribution is -2.16. The second-order valence-electron chi connectivity index (χ2n) is 6.01. The molecule has 0 radical (unpaired) electrons. The van der Waals surface area contributed by atoms with Crippen LogP contribution in [0, 0.1) is 0 Å². The summed E-state index contributed by atoms with van der Waals surface area (Å²) in [6.07, 6.45) is 0.304. The number of amides is 1. The number of hydrogen-bond acceptors (Lipinski definition) is 4. The third-order valence-electron chi connectivity index (χ3n) is 3.95. The maximum absolute atomic E-state index is 12.2. The van der Waals surface area contributed by atoms with Crippen molar-refractivity contribution in [3.63, 3.8) is 0 Å². The Kier molecular flexibility index (Phi) is 6.76. The van der Waals surface area contributed by atoms with Crippen LogP contribution in [0.15, 0.2) is 72.8 Å². The van der Waals surface area contributed by atoms with Gasteiger partial charge in [-0.1, -0.05) is 29.8 Å². The second kappa shape index (κ2) is 9.67. The Balaban J connectivity index is 1.47. The van der Waals surface area contributed by atoms with Crippen molar-refractivity contribution in [2.75, 3.05) is 24.3 Å². The Hall–Kier alpha value is -3.18. The highest BCUT2D eigenvalue weighted by atomic mass is 35.5. The summed E-state index contributed by atoms with van der Waals surface area (Å²) in [6.45, 7) is 0.494. The van der Waals surface area contributed by atoms with E-state index in [0.717, 1.165) is 17.2 Å². The number of nitrogens with one attached hydrogen (secondary N) is 2. The highest BCUT2D eigenvalue weighted by molar-refractivity contribution is 6.31. The SMILES string of the molecule is COc1ccc(Cl)cc1NC(=O)CCNc1ccc(Oc2ccccc2)cc1. The fraction of sp³-hybridized carbons (Fsp3) is 0.136. The molecule has 5 nitrogen and oxygen atoms in total. The molecule has 0 aliphatic rings. The van der Waals surface area contributed by atoms with E-state index in [-0.39, 0.29) is 5.91 Å². The Bertz CT molecular complexity index is 915. The third-order valence-corrected chi connectivity index (χ3v) is 4.19. The summed E-state index contributed by atoms with van der Waals surface area (Å²) in [6, 6.07) is 22.3. The molecule has 3 aromatic rings. The fourth-order valence-corrected chi connectivity index (χ4v) is 2.75. The quantitative estimate of drug-likeness (QED) is 0.521. The molecule has 1 amide bonds. The lowest BCUT2D eigenvalue weighted by molar-refractivity contribution is -0.116. The molecule has 0 fully saturated rings. The van der Waals surface area contributed by atoms with Crippen molar-refractivity contribution in [2.45, 2.75) is 6.42 Å². The molecule has 0 spiro atoms. The minimum atomic E-state index is -0.128. The lowest BCUT2D eigenvalue weighted by Gasteiger charge is -2.11. The smallest absolute Gasteiger partial charge is 0.226 e. The summed E-state index contributed by atoms with van der Waals surface area (Å²) in [5, 5.41) is 6.57. The first kappa shape index (κ1) is 19.6. The number of hydrogen-bond donors (Lipinski definition) is 2. The highest BCUT2D eigenvalue weighted by Gasteiger charge is 2.08. The molecule has 0 unspecified atom stereocenters. The third kappa shape index (κ3) is 5.66. The molecule has 0 bridgehead atoms. The molecule has 0 atom stereocenters. The van der Waals surface area contributed by atoms with Crippen LogP contribution in [-0.4, -0.2) is 19.6 Å². The molecular weight excluding hydrogens is 376 g/mol. The molecule has 0 aliphatic heterocycles. The monoisotopic (exact) mass is 396 g/mol. The van der Waals surface area contributed by atoms with Gasteiger partial charge in [-0.25, -0.2) is 0 Å². The first-order valence-electron chi connectivity index (χ1n) is 8.84. The van der Waals surface area contributed by atoms with Gasteiger partial charge in [0.15, 0.2) is 0 Å². The predicted molar refractivity (Wildman–Crippen MR) is 113 cm³/mol. The van der Waals surface area contributed by atoms with Gasteiger partial charge < -0.3 is 20.1 Å². The van der Waals surface area contributed by atoms with Crippen LogP contribution >= 0.6 is 11.6 Å². The number of halogens is 1. The molecule has 6 heteroatoms. The number of rotatable bonds is 8. The molecule has 0 heterocycles. The summed E-state index contributed by atoms with van der Waals surface area (Å²) >= 11 is 5.98. The number of methoxy groups -OCH3 is 1. The van der Waals surface area contributed by atoms with Gasteiger partial charge in [0.1, 0.15) is 17.2 Å². The maximum atomic E-state index is 12.2. The van der Waals surface area contributed by atoms with E-state index < -0.39 is 0 Å². The average molecular weight is 397 g/mol. The average Bonchev–Trinajstić information content (AvgIpc) is 2.70. The van der Waals surface area contributed by atoms with E-state index in [2.05, 4.69) is 10.6 Å². The van der Waals surface area contributed by atoms with Crippen LogP contribution < -0.4 is 20.1 Å². The van der Waals surface area contributed by atoms with Crippen molar-refractivity contribution >= 4 is 28.9 Å². The molecule has 0 saturated heterocycles. The zero-order chi connectivity index (χ0) is 19.8. The van der Waals surface area contributed by atoms with Crippen molar-refractivity contribution < 1.29 is 14.3 Å². The van der Waals surface area contributed by atoms with E-state index >= 15 is 0 Å². The Morgan fingerprint density at radius 3 is 2.39 bits per heavy atom. The molecule has 144 valence electrons. The van der Waals surface area contributed by atoms with Gasteiger partial charge in [-0.2, -0.15) is 0 Å². The van der Waals surface area contributed by atoms with Crippen molar-refractivity contribution in [1.82, 2.24) is 0 Å². The van der Waals surface area contributed by atoms with Gasteiger partial charge in [-0.05, 0) is 54.6 Å². The van der Waals surface area contributed by atoms with Crippen LogP contribution in [0.3, 0.4) is 0 Å². The van der Waals surface area contributed by atoms with Gasteiger partial charge in [0.2, 0.25) is 5.91 Å². The standard InChI is InChI=1S/C22H21ClN2O3/c1-27-21-12-7-16(23)15-20(21)25-22(26)13-14-24-17-8-10-19(11-9-17)28-18-5-3-2-4-6-18/h2-12,15,24H,13-14H2,1H3,(H,25,26). The molecule has 0 aliphatic carbocycles. The summed E-state index contributed by atoms with van der Waals surface area (Å²) < 4.78 is 11.0. The first-order valence-corrected chi connectivity index (χ1v) is 9.22. The zero-order valence-corrected chi connectivity index (χ0v) is 16.2. The van der Waals surface area contributed by atoms with Crippen molar-refractivity contribution in [1.29, 1.82) is 0 Å². The Labute approximate surface area is 169 Å². The molecular formula is C22H21ClN2O3. The van der Waals surface area contributed by atoms with Gasteiger partial charge in [0.05, 0.1) is 12.8 Å². The zero-order valence-electron chi connectivity index (χ0n) is 15.4. The van der Waals surface area contributed by atoms with E-state index in [1.807, 2.05) is 54.6 Å². The minimum Gasteiger partial charge on any atom is -0.495 e. The van der Waals surface area contributed by atoms with Gasteiger partial charge >= 0.3 is 0 Å². The number of anilines is 2. The van der Waals surface area contributed by atoms with Crippen LogP contribution in [-0.2, 0) is 4.79 Å². The topological polar surface area (TPSA) is 59.6 Å². The van der Waals surface area contributed by atoms with Crippen LogP contribution in [0.25, 0.3) is 0 Å². The van der Waals surface area contributed by atoms with Gasteiger partial charge in [0, 0.05) is 23.7 Å². The van der Waals surface area contributed by atoms with Crippen LogP contribution in [0.2, 0.25) is 5.02 Å². The van der Waals surface area contributed by atoms with Gasteiger partial charge in [0.25, 0.3) is 0 Å². The number of carbonyl (C=O) groups is 1. The van der Waals surface area contributed by atoms with Crippen LogP contribution in [0.5, 0.6) is 17.2 Å². The molecule has 28 heavy (non-hydrogen) atoms. The number of para-hydroxylation sites is 1. The summed E-state index contributed by atoms with van der Waals surface area (Å²) in [4.78, 5) is 12.2. The summed E-state index contributed by atoms with van der Waals surface area (Å²) in [5.41, 5.74) is 1.47. The van der Waals surface area contributed by atoms with Crippen LogP contribution in [0.4, 0.5) is 11.4 Å². The van der Waals surface area contributed by atoms with E-state index in [1.165, 1.54) is 0 Å². The van der Waals surface area contributed by atoms with Crippen molar-refractivity contribution in [2.24, 2.45) is 0 Å². The lowest BCUT2D eigenvalue weighted by atomic mass is 10.2. The molecule has 3 rings (SSSR count). The molecule has 3 aromatic carbocycles. The molecule has 0 aromatic heterocycles. The minimum absolute atomic E-state index is 0.128. The van der Waals surface area contributed by atoms with E-state index in [9.17, 15) is 4.79 Å². The van der Waals surface area contributed by atoms with E-state index in [1.54, 1.807) is 25.3 Å². The summed E-state index contributed by atoms with van der Waals surface area (Å²) in [7, 11) is 1.55. The highest BCUT2D eigenvalue weighted by Crippen LogP contribution is 2.27. The van der Waals surface area contributed by atoms with Crippen LogP contribution in [0.1, 0.15) is 6.42 Å². The number of ether oxygens (including phenoxy) is 2. The maximum Gasteiger partial charge on any atom is 0.226 e. The fourth-order valence-electron chi connectivity index (χ4n) is 2.58. The van der Waals surface area contributed by atoms with Crippen molar-refractivity contribution in [3.05, 3.63) is 77.8 Å². The normalized spacial score (nSPS) is 10.2.